The number of benzene rings is 8. The Balaban J connectivity index is 1.12. The van der Waals surface area contributed by atoms with Gasteiger partial charge >= 0.3 is 0 Å². The largest absolute Gasteiger partial charge is 0.457 e. The van der Waals surface area contributed by atoms with Gasteiger partial charge in [-0.2, -0.15) is 5.26 Å². The summed E-state index contributed by atoms with van der Waals surface area (Å²) in [5.74, 6) is 3.33. The van der Waals surface area contributed by atoms with Gasteiger partial charge in [0.25, 0.3) is 0 Å². The van der Waals surface area contributed by atoms with Gasteiger partial charge in [-0.1, -0.05) is 146 Å². The number of hydrogen-bond donors (Lipinski definition) is 0. The summed E-state index contributed by atoms with van der Waals surface area (Å²) in [7, 11) is 0. The van der Waals surface area contributed by atoms with Crippen molar-refractivity contribution in [2.24, 2.45) is 0 Å². The van der Waals surface area contributed by atoms with Gasteiger partial charge in [0, 0.05) is 38.6 Å². The van der Waals surface area contributed by atoms with Crippen LogP contribution in [0.4, 0.5) is 0 Å². The zero-order valence-corrected chi connectivity index (χ0v) is 31.5. The molecule has 2 aromatic heterocycles. The molecule has 0 saturated heterocycles. The zero-order valence-electron chi connectivity index (χ0n) is 31.5. The quantitative estimate of drug-likeness (QED) is 0.179. The van der Waals surface area contributed by atoms with Crippen molar-refractivity contribution in [3.8, 4) is 68.5 Å². The third-order valence-electron chi connectivity index (χ3n) is 12.0. The van der Waals surface area contributed by atoms with E-state index in [0.717, 1.165) is 66.8 Å². The Morgan fingerprint density at radius 2 is 1.03 bits per heavy atom. The molecule has 0 amide bonds. The fraction of sp³-hybridized carbons (Fsp3) is 0.0189. The average Bonchev–Trinajstić information content (AvgIpc) is 3.80. The van der Waals surface area contributed by atoms with Crippen LogP contribution >= 0.6 is 0 Å². The van der Waals surface area contributed by atoms with Gasteiger partial charge in [-0.3, -0.25) is 0 Å². The molecule has 12 rings (SSSR count). The molecule has 0 fully saturated rings. The summed E-state index contributed by atoms with van der Waals surface area (Å²) < 4.78 is 8.91. The van der Waals surface area contributed by atoms with Crippen LogP contribution in [0.25, 0.3) is 72.8 Å². The van der Waals surface area contributed by atoms with Crippen LogP contribution in [-0.2, 0) is 5.41 Å². The van der Waals surface area contributed by atoms with E-state index < -0.39 is 5.41 Å². The molecule has 8 aromatic carbocycles. The molecule has 10 aromatic rings. The molecule has 0 unspecified atom stereocenters. The Morgan fingerprint density at radius 3 is 1.69 bits per heavy atom. The topological polar surface area (TPSA) is 76.6 Å². The molecule has 0 bridgehead atoms. The maximum absolute atomic E-state index is 11.0. The Morgan fingerprint density at radius 1 is 0.475 bits per heavy atom. The molecule has 0 atom stereocenters. The van der Waals surface area contributed by atoms with Gasteiger partial charge < -0.3 is 9.30 Å². The second-order valence-corrected chi connectivity index (χ2v) is 15.0. The molecule has 274 valence electrons. The van der Waals surface area contributed by atoms with Gasteiger partial charge in [0.2, 0.25) is 0 Å². The first-order valence-corrected chi connectivity index (χ1v) is 19.7. The van der Waals surface area contributed by atoms with Crippen LogP contribution in [-0.4, -0.2) is 19.5 Å². The van der Waals surface area contributed by atoms with Crippen molar-refractivity contribution < 1.29 is 4.74 Å². The van der Waals surface area contributed by atoms with E-state index in [1.54, 1.807) is 0 Å². The summed E-state index contributed by atoms with van der Waals surface area (Å²) in [6.45, 7) is 0. The van der Waals surface area contributed by atoms with Crippen molar-refractivity contribution >= 4 is 21.8 Å². The minimum Gasteiger partial charge on any atom is -0.457 e. The van der Waals surface area contributed by atoms with Crippen LogP contribution in [0.15, 0.2) is 188 Å². The Bertz CT molecular complexity index is 3280. The van der Waals surface area contributed by atoms with Crippen LogP contribution < -0.4 is 4.74 Å². The number of rotatable bonds is 4. The number of fused-ring (bicyclic) bond motifs is 13. The zero-order chi connectivity index (χ0) is 39.1. The molecule has 0 N–H and O–H groups in total. The maximum atomic E-state index is 11.0. The lowest BCUT2D eigenvalue weighted by atomic mass is 9.65. The van der Waals surface area contributed by atoms with Gasteiger partial charge in [0.05, 0.1) is 27.7 Å². The first-order valence-electron chi connectivity index (χ1n) is 19.7. The van der Waals surface area contributed by atoms with Crippen molar-refractivity contribution in [3.63, 3.8) is 0 Å². The van der Waals surface area contributed by atoms with Crippen molar-refractivity contribution in [2.45, 2.75) is 5.41 Å². The highest BCUT2D eigenvalue weighted by atomic mass is 16.5. The number of aromatic nitrogens is 4. The monoisotopic (exact) mass is 753 g/mol. The van der Waals surface area contributed by atoms with Gasteiger partial charge in [-0.05, 0) is 64.7 Å². The maximum Gasteiger partial charge on any atom is 0.164 e. The van der Waals surface area contributed by atoms with Crippen molar-refractivity contribution in [1.29, 1.82) is 5.26 Å². The molecular formula is C53H31N5O. The van der Waals surface area contributed by atoms with Crippen LogP contribution in [0.3, 0.4) is 0 Å². The van der Waals surface area contributed by atoms with E-state index in [1.165, 1.54) is 22.3 Å². The Hall–Kier alpha value is -8.14. The lowest BCUT2D eigenvalue weighted by Crippen LogP contribution is -2.32. The molecule has 0 saturated carbocycles. The summed E-state index contributed by atoms with van der Waals surface area (Å²) >= 11 is 0. The van der Waals surface area contributed by atoms with Crippen LogP contribution in [0.5, 0.6) is 11.5 Å². The number of nitrogens with zero attached hydrogens (tertiary/aromatic N) is 5. The number of para-hydroxylation sites is 3. The molecule has 1 aliphatic heterocycles. The first kappa shape index (κ1) is 33.0. The standard InChI is InChI=1S/C53H31N5O/c54-32-36-31-35(52-56-50(33-15-3-1-4-16-33)55-51(57-52)34-17-5-2-6-18-34)27-29-43(36)58-44-24-12-8-20-39(44)48-45(58)30-28-38-37-19-7-9-21-40(37)53(49(38)48)41-22-10-13-25-46(41)59-47-26-14-11-23-42(47)53/h1-31H. The van der Waals surface area contributed by atoms with Gasteiger partial charge in [0.1, 0.15) is 17.6 Å². The predicted molar refractivity (Wildman–Crippen MR) is 233 cm³/mol. The molecule has 2 aliphatic rings. The lowest BCUT2D eigenvalue weighted by Gasteiger charge is -2.39. The third-order valence-corrected chi connectivity index (χ3v) is 12.0. The fourth-order valence-electron chi connectivity index (χ4n) is 9.56. The lowest BCUT2D eigenvalue weighted by molar-refractivity contribution is 0.437. The van der Waals surface area contributed by atoms with E-state index in [-0.39, 0.29) is 0 Å². The van der Waals surface area contributed by atoms with Crippen molar-refractivity contribution in [3.05, 3.63) is 216 Å². The van der Waals surface area contributed by atoms with Crippen molar-refractivity contribution in [1.82, 2.24) is 19.5 Å². The minimum absolute atomic E-state index is 0.498. The smallest absolute Gasteiger partial charge is 0.164 e. The predicted octanol–water partition coefficient (Wildman–Crippen LogP) is 12.3. The fourth-order valence-corrected chi connectivity index (χ4v) is 9.56. The summed E-state index contributed by atoms with van der Waals surface area (Å²) in [5.41, 5.74) is 12.2. The van der Waals surface area contributed by atoms with Crippen LogP contribution in [0.2, 0.25) is 0 Å². The second-order valence-electron chi connectivity index (χ2n) is 15.0. The third kappa shape index (κ3) is 4.70. The number of ether oxygens (including phenoxy) is 1. The van der Waals surface area contributed by atoms with E-state index in [0.29, 0.717) is 23.0 Å². The van der Waals surface area contributed by atoms with Crippen LogP contribution in [0.1, 0.15) is 27.8 Å². The minimum atomic E-state index is -0.653. The van der Waals surface area contributed by atoms with Crippen LogP contribution in [0, 0.1) is 11.3 Å². The van der Waals surface area contributed by atoms with E-state index in [4.69, 9.17) is 19.7 Å². The average molecular weight is 754 g/mol. The number of nitriles is 1. The summed E-state index contributed by atoms with van der Waals surface area (Å²) in [5, 5.41) is 13.2. The summed E-state index contributed by atoms with van der Waals surface area (Å²) in [4.78, 5) is 14.8. The molecule has 6 nitrogen and oxygen atoms in total. The summed E-state index contributed by atoms with van der Waals surface area (Å²) in [6.07, 6.45) is 0. The highest BCUT2D eigenvalue weighted by Gasteiger charge is 2.52. The second kappa shape index (κ2) is 12.7. The SMILES string of the molecule is N#Cc1cc(-c2nc(-c3ccccc3)nc(-c3ccccc3)n2)ccc1-n1c2ccccc2c2c3c(ccc21)-c1ccccc1C31c2ccccc2Oc2ccccc21. The van der Waals surface area contributed by atoms with Gasteiger partial charge in [-0.15, -0.1) is 0 Å². The summed E-state index contributed by atoms with van der Waals surface area (Å²) in [6, 6.07) is 67.1. The van der Waals surface area contributed by atoms with Gasteiger partial charge in [-0.25, -0.2) is 15.0 Å². The van der Waals surface area contributed by atoms with Crippen molar-refractivity contribution in [2.75, 3.05) is 0 Å². The van der Waals surface area contributed by atoms with E-state index in [2.05, 4.69) is 108 Å². The molecule has 59 heavy (non-hydrogen) atoms. The molecule has 6 heteroatoms. The first-order chi connectivity index (χ1) is 29.2. The number of hydrogen-bond acceptors (Lipinski definition) is 5. The van der Waals surface area contributed by atoms with E-state index in [1.807, 2.05) is 91.0 Å². The van der Waals surface area contributed by atoms with E-state index in [9.17, 15) is 5.26 Å². The molecule has 3 heterocycles. The normalized spacial score (nSPS) is 13.0. The highest BCUT2D eigenvalue weighted by Crippen LogP contribution is 2.64. The molecular weight excluding hydrogens is 723 g/mol. The molecule has 0 radical (unpaired) electrons. The molecule has 1 spiro atoms. The highest BCUT2D eigenvalue weighted by molar-refractivity contribution is 6.15. The van der Waals surface area contributed by atoms with E-state index >= 15 is 0 Å². The van der Waals surface area contributed by atoms with Gasteiger partial charge in [0.15, 0.2) is 17.5 Å². The Labute approximate surface area is 339 Å². The Kier molecular flexibility index (Phi) is 7.11. The molecule has 1 aliphatic carbocycles.